The normalized spacial score (nSPS) is 26.7. The standard InChI is InChI=1S/C19H36N2O2.C4H10.C3H8.C2H6/c1-22-16-19-6-3-7-21(15-19)14-18-5-2-4-17(12-18)13-20-8-10-23-11-9-20;1-4(2)3;1-3-2;1-2/h17-19H,2-16H2,1H3;4H,1-3H3;3H2,1-2H3;1-2H3. The number of rotatable bonds is 6. The van der Waals surface area contributed by atoms with Crippen LogP contribution < -0.4 is 0 Å². The first kappa shape index (κ1) is 31.8. The van der Waals surface area contributed by atoms with Crippen LogP contribution in [-0.4, -0.2) is 76.0 Å². The Hall–Kier alpha value is -0.160. The largest absolute Gasteiger partial charge is 0.384 e. The summed E-state index contributed by atoms with van der Waals surface area (Å²) in [6.07, 6.45) is 9.75. The summed E-state index contributed by atoms with van der Waals surface area (Å²) >= 11 is 0. The van der Waals surface area contributed by atoms with Crippen LogP contribution in [0.25, 0.3) is 0 Å². The van der Waals surface area contributed by atoms with Crippen LogP contribution in [0.3, 0.4) is 0 Å². The number of piperidine rings is 1. The van der Waals surface area contributed by atoms with E-state index < -0.39 is 0 Å². The van der Waals surface area contributed by atoms with E-state index >= 15 is 0 Å². The molecule has 3 rings (SSSR count). The van der Waals surface area contributed by atoms with Gasteiger partial charge in [0, 0.05) is 39.8 Å². The van der Waals surface area contributed by atoms with Gasteiger partial charge in [0.05, 0.1) is 19.8 Å². The zero-order valence-electron chi connectivity index (χ0n) is 23.3. The molecule has 2 heterocycles. The summed E-state index contributed by atoms with van der Waals surface area (Å²) < 4.78 is 10.9. The smallest absolute Gasteiger partial charge is 0.0594 e. The molecule has 0 spiro atoms. The van der Waals surface area contributed by atoms with Crippen LogP contribution in [0.4, 0.5) is 0 Å². The summed E-state index contributed by atoms with van der Waals surface area (Å²) in [7, 11) is 1.84. The van der Waals surface area contributed by atoms with Crippen molar-refractivity contribution in [3.8, 4) is 0 Å². The van der Waals surface area contributed by atoms with Gasteiger partial charge in [-0.15, -0.1) is 0 Å². The predicted molar refractivity (Wildman–Crippen MR) is 142 cm³/mol. The van der Waals surface area contributed by atoms with E-state index in [0.29, 0.717) is 0 Å². The molecule has 32 heavy (non-hydrogen) atoms. The summed E-state index contributed by atoms with van der Waals surface area (Å²) in [5.74, 6) is 3.45. The fraction of sp³-hybridized carbons (Fsp3) is 1.00. The molecule has 0 aromatic carbocycles. The van der Waals surface area contributed by atoms with E-state index in [4.69, 9.17) is 9.47 Å². The Morgan fingerprint density at radius 1 is 0.812 bits per heavy atom. The third-order valence-corrected chi connectivity index (χ3v) is 6.03. The molecule has 3 aliphatic rings. The Bertz CT molecular complexity index is 381. The Labute approximate surface area is 202 Å². The molecule has 0 bridgehead atoms. The van der Waals surface area contributed by atoms with Crippen molar-refractivity contribution in [2.75, 3.05) is 66.2 Å². The molecule has 2 saturated heterocycles. The monoisotopic (exact) mass is 456 g/mol. The third kappa shape index (κ3) is 16.5. The first-order valence-corrected chi connectivity index (χ1v) is 14.0. The van der Waals surface area contributed by atoms with E-state index in [1.165, 1.54) is 71.1 Å². The molecule has 0 N–H and O–H groups in total. The van der Waals surface area contributed by atoms with Crippen molar-refractivity contribution >= 4 is 0 Å². The van der Waals surface area contributed by atoms with Gasteiger partial charge in [0.2, 0.25) is 0 Å². The van der Waals surface area contributed by atoms with E-state index in [1.54, 1.807) is 0 Å². The Balaban J connectivity index is 0.000000926. The average Bonchev–Trinajstić information content (AvgIpc) is 2.77. The number of hydrogen-bond donors (Lipinski definition) is 0. The van der Waals surface area contributed by atoms with Crippen molar-refractivity contribution in [2.45, 2.75) is 93.4 Å². The van der Waals surface area contributed by atoms with Crippen LogP contribution in [-0.2, 0) is 9.47 Å². The van der Waals surface area contributed by atoms with Gasteiger partial charge in [0.1, 0.15) is 0 Å². The highest BCUT2D eigenvalue weighted by Gasteiger charge is 2.27. The Morgan fingerprint density at radius 2 is 1.31 bits per heavy atom. The number of nitrogens with zero attached hydrogens (tertiary/aromatic N) is 2. The van der Waals surface area contributed by atoms with E-state index in [1.807, 2.05) is 21.0 Å². The summed E-state index contributed by atoms with van der Waals surface area (Å²) in [4.78, 5) is 5.36. The zero-order valence-corrected chi connectivity index (χ0v) is 23.3. The van der Waals surface area contributed by atoms with Crippen molar-refractivity contribution in [3.05, 3.63) is 0 Å². The van der Waals surface area contributed by atoms with Gasteiger partial charge in [0.25, 0.3) is 0 Å². The van der Waals surface area contributed by atoms with Crippen LogP contribution in [0.5, 0.6) is 0 Å². The van der Waals surface area contributed by atoms with E-state index in [9.17, 15) is 0 Å². The molecular weight excluding hydrogens is 396 g/mol. The van der Waals surface area contributed by atoms with Gasteiger partial charge in [-0.3, -0.25) is 4.90 Å². The molecule has 1 saturated carbocycles. The average molecular weight is 457 g/mol. The van der Waals surface area contributed by atoms with Gasteiger partial charge in [-0.25, -0.2) is 0 Å². The molecular formula is C28H60N2O2. The highest BCUT2D eigenvalue weighted by Crippen LogP contribution is 2.31. The van der Waals surface area contributed by atoms with E-state index in [2.05, 4.69) is 44.4 Å². The van der Waals surface area contributed by atoms with Crippen LogP contribution in [0.1, 0.15) is 93.4 Å². The van der Waals surface area contributed by atoms with Gasteiger partial charge in [-0.05, 0) is 62.3 Å². The van der Waals surface area contributed by atoms with Crippen molar-refractivity contribution in [2.24, 2.45) is 23.7 Å². The minimum absolute atomic E-state index is 0.765. The van der Waals surface area contributed by atoms with Gasteiger partial charge < -0.3 is 14.4 Å². The van der Waals surface area contributed by atoms with Gasteiger partial charge in [-0.2, -0.15) is 0 Å². The number of ether oxygens (including phenoxy) is 2. The maximum absolute atomic E-state index is 5.48. The van der Waals surface area contributed by atoms with Crippen LogP contribution >= 0.6 is 0 Å². The lowest BCUT2D eigenvalue weighted by Crippen LogP contribution is -2.43. The molecule has 0 amide bonds. The van der Waals surface area contributed by atoms with E-state index in [0.717, 1.165) is 56.6 Å². The minimum Gasteiger partial charge on any atom is -0.384 e. The molecule has 4 heteroatoms. The third-order valence-electron chi connectivity index (χ3n) is 6.03. The summed E-state index contributed by atoms with van der Waals surface area (Å²) in [6.45, 7) is 25.1. The van der Waals surface area contributed by atoms with Crippen LogP contribution in [0.15, 0.2) is 0 Å². The molecule has 3 atom stereocenters. The van der Waals surface area contributed by atoms with Gasteiger partial charge in [0.15, 0.2) is 0 Å². The van der Waals surface area contributed by atoms with Crippen molar-refractivity contribution in [1.82, 2.24) is 9.80 Å². The quantitative estimate of drug-likeness (QED) is 0.450. The first-order chi connectivity index (χ1) is 15.5. The number of methoxy groups -OCH3 is 1. The lowest BCUT2D eigenvalue weighted by molar-refractivity contribution is 0.0232. The topological polar surface area (TPSA) is 24.9 Å². The maximum Gasteiger partial charge on any atom is 0.0594 e. The second kappa shape index (κ2) is 21.4. The van der Waals surface area contributed by atoms with Crippen LogP contribution in [0, 0.1) is 23.7 Å². The second-order valence-electron chi connectivity index (χ2n) is 10.5. The Kier molecular flexibility index (Phi) is 21.3. The number of likely N-dealkylation sites (tertiary alicyclic amines) is 1. The SMILES string of the molecule is CC.CC(C)C.CCC.COCC1CCCN(CC2CCCC(CN3CCOCC3)C2)C1. The maximum atomic E-state index is 5.48. The fourth-order valence-electron chi connectivity index (χ4n) is 4.94. The van der Waals surface area contributed by atoms with Crippen molar-refractivity contribution in [3.63, 3.8) is 0 Å². The molecule has 0 aromatic rings. The molecule has 3 fully saturated rings. The fourth-order valence-corrected chi connectivity index (χ4v) is 4.94. The lowest BCUT2D eigenvalue weighted by Gasteiger charge is -2.39. The molecule has 0 radical (unpaired) electrons. The number of hydrogen-bond acceptors (Lipinski definition) is 4. The molecule has 2 aliphatic heterocycles. The van der Waals surface area contributed by atoms with Crippen LogP contribution in [0.2, 0.25) is 0 Å². The number of morpholine rings is 1. The van der Waals surface area contributed by atoms with Crippen molar-refractivity contribution < 1.29 is 9.47 Å². The summed E-state index contributed by atoms with van der Waals surface area (Å²) in [5, 5.41) is 0. The van der Waals surface area contributed by atoms with E-state index in [-0.39, 0.29) is 0 Å². The lowest BCUT2D eigenvalue weighted by atomic mass is 9.80. The highest BCUT2D eigenvalue weighted by atomic mass is 16.5. The molecule has 1 aliphatic carbocycles. The van der Waals surface area contributed by atoms with Crippen molar-refractivity contribution in [1.29, 1.82) is 0 Å². The first-order valence-electron chi connectivity index (χ1n) is 14.0. The molecule has 194 valence electrons. The molecule has 3 unspecified atom stereocenters. The Morgan fingerprint density at radius 3 is 1.84 bits per heavy atom. The second-order valence-corrected chi connectivity index (χ2v) is 10.5. The zero-order chi connectivity index (χ0) is 24.2. The summed E-state index contributed by atoms with van der Waals surface area (Å²) in [6, 6.07) is 0. The molecule has 4 nitrogen and oxygen atoms in total. The van der Waals surface area contributed by atoms with Gasteiger partial charge in [-0.1, -0.05) is 61.3 Å². The highest BCUT2D eigenvalue weighted by molar-refractivity contribution is 4.81. The predicted octanol–water partition coefficient (Wildman–Crippen LogP) is 6.59. The minimum atomic E-state index is 0.765. The van der Waals surface area contributed by atoms with Gasteiger partial charge >= 0.3 is 0 Å². The molecule has 0 aromatic heterocycles. The summed E-state index contributed by atoms with van der Waals surface area (Å²) in [5.41, 5.74) is 0.